The van der Waals surface area contributed by atoms with E-state index in [4.69, 9.17) is 16.3 Å². The van der Waals surface area contributed by atoms with Crippen LogP contribution < -0.4 is 4.74 Å². The van der Waals surface area contributed by atoms with E-state index in [2.05, 4.69) is 13.8 Å². The van der Waals surface area contributed by atoms with E-state index in [-0.39, 0.29) is 18.4 Å². The standard InChI is InChI=1S/C22H25ClN2O3/c1-16(2)17-7-9-18(10-8-17)22(27)25-13-11-24(12-14-25)21(26)15-28-20-6-4-3-5-19(20)23/h3-10,16H,11-15H2,1-2H3. The highest BCUT2D eigenvalue weighted by Gasteiger charge is 2.25. The van der Waals surface area contributed by atoms with E-state index in [9.17, 15) is 9.59 Å². The van der Waals surface area contributed by atoms with Crippen molar-refractivity contribution in [3.8, 4) is 5.75 Å². The van der Waals surface area contributed by atoms with E-state index in [1.54, 1.807) is 21.9 Å². The van der Waals surface area contributed by atoms with Crippen molar-refractivity contribution in [1.29, 1.82) is 0 Å². The number of rotatable bonds is 5. The van der Waals surface area contributed by atoms with Gasteiger partial charge in [-0.3, -0.25) is 9.59 Å². The summed E-state index contributed by atoms with van der Waals surface area (Å²) in [4.78, 5) is 28.6. The summed E-state index contributed by atoms with van der Waals surface area (Å²) >= 11 is 6.04. The van der Waals surface area contributed by atoms with E-state index in [1.807, 2.05) is 36.4 Å². The number of para-hydroxylation sites is 1. The van der Waals surface area contributed by atoms with Gasteiger partial charge in [0.2, 0.25) is 0 Å². The van der Waals surface area contributed by atoms with Gasteiger partial charge in [-0.05, 0) is 35.7 Å². The Balaban J connectivity index is 1.50. The van der Waals surface area contributed by atoms with Gasteiger partial charge in [0.25, 0.3) is 11.8 Å². The van der Waals surface area contributed by atoms with Gasteiger partial charge in [0.05, 0.1) is 5.02 Å². The first-order valence-electron chi connectivity index (χ1n) is 9.50. The predicted molar refractivity (Wildman–Crippen MR) is 110 cm³/mol. The van der Waals surface area contributed by atoms with Crippen LogP contribution in [0.5, 0.6) is 5.75 Å². The molecule has 3 rings (SSSR count). The van der Waals surface area contributed by atoms with Gasteiger partial charge >= 0.3 is 0 Å². The molecule has 1 aliphatic heterocycles. The van der Waals surface area contributed by atoms with Crippen LogP contribution in [0, 0.1) is 0 Å². The molecule has 0 spiro atoms. The van der Waals surface area contributed by atoms with Crippen molar-refractivity contribution >= 4 is 23.4 Å². The smallest absolute Gasteiger partial charge is 0.260 e. The largest absolute Gasteiger partial charge is 0.482 e. The molecule has 0 aliphatic carbocycles. The lowest BCUT2D eigenvalue weighted by molar-refractivity contribution is -0.134. The molecule has 1 fully saturated rings. The first-order valence-corrected chi connectivity index (χ1v) is 9.88. The minimum atomic E-state index is -0.103. The van der Waals surface area contributed by atoms with Crippen molar-refractivity contribution in [1.82, 2.24) is 9.80 Å². The van der Waals surface area contributed by atoms with Crippen LogP contribution in [0.1, 0.15) is 35.7 Å². The van der Waals surface area contributed by atoms with Crippen LogP contribution >= 0.6 is 11.6 Å². The molecule has 5 nitrogen and oxygen atoms in total. The van der Waals surface area contributed by atoms with Gasteiger partial charge in [0.1, 0.15) is 5.75 Å². The van der Waals surface area contributed by atoms with Crippen molar-refractivity contribution < 1.29 is 14.3 Å². The van der Waals surface area contributed by atoms with Gasteiger partial charge in [-0.25, -0.2) is 0 Å². The molecule has 1 saturated heterocycles. The molecule has 0 unspecified atom stereocenters. The Kier molecular flexibility index (Phi) is 6.57. The quantitative estimate of drug-likeness (QED) is 0.766. The van der Waals surface area contributed by atoms with Crippen LogP contribution in [-0.4, -0.2) is 54.4 Å². The number of hydrogen-bond donors (Lipinski definition) is 0. The zero-order valence-electron chi connectivity index (χ0n) is 16.2. The fraction of sp³-hybridized carbons (Fsp3) is 0.364. The van der Waals surface area contributed by atoms with Gasteiger partial charge in [-0.15, -0.1) is 0 Å². The fourth-order valence-electron chi connectivity index (χ4n) is 3.14. The van der Waals surface area contributed by atoms with Crippen molar-refractivity contribution in [2.75, 3.05) is 32.8 Å². The summed E-state index contributed by atoms with van der Waals surface area (Å²) in [6.07, 6.45) is 0. The summed E-state index contributed by atoms with van der Waals surface area (Å²) in [5, 5.41) is 0.481. The van der Waals surface area contributed by atoms with Crippen molar-refractivity contribution in [2.45, 2.75) is 19.8 Å². The van der Waals surface area contributed by atoms with Gasteiger partial charge in [0, 0.05) is 31.7 Å². The minimum Gasteiger partial charge on any atom is -0.482 e. The van der Waals surface area contributed by atoms with E-state index in [0.29, 0.717) is 48.4 Å². The monoisotopic (exact) mass is 400 g/mol. The van der Waals surface area contributed by atoms with Crippen LogP contribution in [0.2, 0.25) is 5.02 Å². The first-order chi connectivity index (χ1) is 13.5. The second kappa shape index (κ2) is 9.11. The van der Waals surface area contributed by atoms with Crippen molar-refractivity contribution in [2.24, 2.45) is 0 Å². The van der Waals surface area contributed by atoms with Crippen molar-refractivity contribution in [3.05, 3.63) is 64.7 Å². The Morgan fingerprint density at radius 2 is 1.57 bits per heavy atom. The third-order valence-electron chi connectivity index (χ3n) is 4.93. The predicted octanol–water partition coefficient (Wildman–Crippen LogP) is 3.83. The highest BCUT2D eigenvalue weighted by atomic mass is 35.5. The molecule has 0 saturated carbocycles. The Hall–Kier alpha value is -2.53. The SMILES string of the molecule is CC(C)c1ccc(C(=O)N2CCN(C(=O)COc3ccccc3Cl)CC2)cc1. The van der Waals surface area contributed by atoms with E-state index in [0.717, 1.165) is 0 Å². The van der Waals surface area contributed by atoms with Crippen LogP contribution in [-0.2, 0) is 4.79 Å². The molecule has 0 bridgehead atoms. The molecular weight excluding hydrogens is 376 g/mol. The van der Waals surface area contributed by atoms with Crippen LogP contribution in [0.4, 0.5) is 0 Å². The van der Waals surface area contributed by atoms with Gasteiger partial charge in [-0.2, -0.15) is 0 Å². The summed E-state index contributed by atoms with van der Waals surface area (Å²) in [6, 6.07) is 14.8. The maximum absolute atomic E-state index is 12.7. The molecule has 0 atom stereocenters. The average molecular weight is 401 g/mol. The third-order valence-corrected chi connectivity index (χ3v) is 5.24. The van der Waals surface area contributed by atoms with Gasteiger partial charge in [-0.1, -0.05) is 49.7 Å². The van der Waals surface area contributed by atoms with Crippen molar-refractivity contribution in [3.63, 3.8) is 0 Å². The Labute approximate surface area is 170 Å². The zero-order valence-corrected chi connectivity index (χ0v) is 17.0. The Morgan fingerprint density at radius 3 is 2.18 bits per heavy atom. The molecule has 0 radical (unpaired) electrons. The Morgan fingerprint density at radius 1 is 0.964 bits per heavy atom. The highest BCUT2D eigenvalue weighted by Crippen LogP contribution is 2.23. The fourth-order valence-corrected chi connectivity index (χ4v) is 3.33. The number of nitrogens with zero attached hydrogens (tertiary/aromatic N) is 2. The summed E-state index contributed by atoms with van der Waals surface area (Å²) in [7, 11) is 0. The molecule has 0 aromatic heterocycles. The molecule has 1 heterocycles. The van der Waals surface area contributed by atoms with Crippen LogP contribution in [0.25, 0.3) is 0 Å². The topological polar surface area (TPSA) is 49.9 Å². The van der Waals surface area contributed by atoms with Crippen LogP contribution in [0.3, 0.4) is 0 Å². The molecule has 2 aromatic carbocycles. The Bertz CT molecular complexity index is 828. The van der Waals surface area contributed by atoms with Crippen LogP contribution in [0.15, 0.2) is 48.5 Å². The van der Waals surface area contributed by atoms with E-state index >= 15 is 0 Å². The lowest BCUT2D eigenvalue weighted by Gasteiger charge is -2.34. The summed E-state index contributed by atoms with van der Waals surface area (Å²) in [5.41, 5.74) is 1.90. The van der Waals surface area contributed by atoms with Gasteiger partial charge < -0.3 is 14.5 Å². The average Bonchev–Trinajstić information content (AvgIpc) is 2.72. The number of ether oxygens (including phenoxy) is 1. The van der Waals surface area contributed by atoms with E-state index < -0.39 is 0 Å². The zero-order chi connectivity index (χ0) is 20.1. The summed E-state index contributed by atoms with van der Waals surface area (Å²) in [6.45, 7) is 6.23. The van der Waals surface area contributed by atoms with E-state index in [1.165, 1.54) is 5.56 Å². The molecule has 2 aromatic rings. The molecule has 148 valence electrons. The number of carbonyl (C=O) groups excluding carboxylic acids is 2. The second-order valence-electron chi connectivity index (χ2n) is 7.17. The third kappa shape index (κ3) is 4.84. The maximum atomic E-state index is 12.7. The molecule has 6 heteroatoms. The summed E-state index contributed by atoms with van der Waals surface area (Å²) < 4.78 is 5.52. The number of piperazine rings is 1. The lowest BCUT2D eigenvalue weighted by Crippen LogP contribution is -2.51. The number of benzene rings is 2. The molecule has 0 N–H and O–H groups in total. The molecule has 2 amide bonds. The first kappa shape index (κ1) is 20.2. The molecular formula is C22H25ClN2O3. The lowest BCUT2D eigenvalue weighted by atomic mass is 10.0. The summed E-state index contributed by atoms with van der Waals surface area (Å²) in [5.74, 6) is 0.839. The molecule has 1 aliphatic rings. The number of amides is 2. The van der Waals surface area contributed by atoms with Gasteiger partial charge in [0.15, 0.2) is 6.61 Å². The highest BCUT2D eigenvalue weighted by molar-refractivity contribution is 6.32. The number of halogens is 1. The number of hydrogen-bond acceptors (Lipinski definition) is 3. The molecule has 28 heavy (non-hydrogen) atoms. The number of carbonyl (C=O) groups is 2. The maximum Gasteiger partial charge on any atom is 0.260 e. The second-order valence-corrected chi connectivity index (χ2v) is 7.58. The minimum absolute atomic E-state index is 0.00900. The normalized spacial score (nSPS) is 14.3.